The topological polar surface area (TPSA) is 46.5 Å². The van der Waals surface area contributed by atoms with Crippen molar-refractivity contribution in [1.82, 2.24) is 0 Å². The molecular formula is C23H30O3S. The van der Waals surface area contributed by atoms with Crippen LogP contribution in [0.2, 0.25) is 0 Å². The van der Waals surface area contributed by atoms with Gasteiger partial charge in [0.2, 0.25) is 0 Å². The molecule has 146 valence electrons. The fraction of sp³-hybridized carbons (Fsp3) is 0.609. The van der Waals surface area contributed by atoms with Gasteiger partial charge < -0.3 is 9.84 Å². The summed E-state index contributed by atoms with van der Waals surface area (Å²) in [6.45, 7) is 8.35. The van der Waals surface area contributed by atoms with Gasteiger partial charge in [0.25, 0.3) is 0 Å². The quantitative estimate of drug-likeness (QED) is 0.686. The lowest BCUT2D eigenvalue weighted by Crippen LogP contribution is -2.40. The summed E-state index contributed by atoms with van der Waals surface area (Å²) in [6.07, 6.45) is 4.25. The van der Waals surface area contributed by atoms with Crippen LogP contribution in [0.5, 0.6) is 0 Å². The number of thioether (sulfide) groups is 1. The first-order chi connectivity index (χ1) is 12.9. The van der Waals surface area contributed by atoms with Crippen molar-refractivity contribution in [3.63, 3.8) is 0 Å². The van der Waals surface area contributed by atoms with E-state index in [9.17, 15) is 9.90 Å². The number of aryl methyl sites for hydroxylation is 3. The van der Waals surface area contributed by atoms with Gasteiger partial charge in [-0.1, -0.05) is 31.0 Å². The van der Waals surface area contributed by atoms with E-state index >= 15 is 0 Å². The van der Waals surface area contributed by atoms with Crippen molar-refractivity contribution >= 4 is 23.1 Å². The molecule has 27 heavy (non-hydrogen) atoms. The Morgan fingerprint density at radius 2 is 1.96 bits per heavy atom. The molecule has 1 aromatic carbocycles. The molecule has 4 heteroatoms. The summed E-state index contributed by atoms with van der Waals surface area (Å²) in [5, 5.41) is 11.3. The Morgan fingerprint density at radius 1 is 1.26 bits per heavy atom. The molecule has 1 aliphatic carbocycles. The Kier molecular flexibility index (Phi) is 4.92. The molecule has 2 fully saturated rings. The third-order valence-electron chi connectivity index (χ3n) is 6.58. The maximum atomic E-state index is 13.4. The van der Waals surface area contributed by atoms with E-state index in [2.05, 4.69) is 26.0 Å². The highest BCUT2D eigenvalue weighted by atomic mass is 32.2. The minimum Gasteiger partial charge on any atom is -0.511 e. The van der Waals surface area contributed by atoms with Crippen molar-refractivity contribution in [2.24, 2.45) is 11.8 Å². The van der Waals surface area contributed by atoms with E-state index in [0.717, 1.165) is 41.0 Å². The lowest BCUT2D eigenvalue weighted by Gasteiger charge is -2.32. The van der Waals surface area contributed by atoms with E-state index in [1.54, 1.807) is 0 Å². The number of carbonyl (C=O) groups is 1. The first-order valence-corrected chi connectivity index (χ1v) is 11.4. The number of rotatable bonds is 6. The number of allylic oxidation sites excluding steroid dienone is 1. The van der Waals surface area contributed by atoms with E-state index in [-0.39, 0.29) is 29.3 Å². The Labute approximate surface area is 166 Å². The van der Waals surface area contributed by atoms with Gasteiger partial charge in [-0.2, -0.15) is 11.8 Å². The molecule has 3 aliphatic rings. The summed E-state index contributed by atoms with van der Waals surface area (Å²) in [7, 11) is 0. The van der Waals surface area contributed by atoms with Crippen molar-refractivity contribution in [1.29, 1.82) is 0 Å². The number of Topliss-reactive ketones (excluding diaryl/α,β-unsaturated/α-hetero) is 1. The largest absolute Gasteiger partial charge is 0.511 e. The van der Waals surface area contributed by atoms with Gasteiger partial charge in [-0.05, 0) is 62.5 Å². The third kappa shape index (κ3) is 2.87. The van der Waals surface area contributed by atoms with Gasteiger partial charge >= 0.3 is 0 Å². The number of unbranched alkanes of at least 4 members (excludes halogenated alkanes) is 1. The molecule has 2 heterocycles. The molecule has 2 bridgehead atoms. The Bertz CT molecular complexity index is 789. The van der Waals surface area contributed by atoms with Crippen LogP contribution in [0.4, 0.5) is 0 Å². The number of carbonyl (C=O) groups excluding carboxylic acids is 1. The SMILES string of the molecule is CCCCSC[C@]12CC[C@H](O1)[C@@H]1C(=O)C(c3c(C)cc(C)cc3C)=C(O)[C@@H]12. The van der Waals surface area contributed by atoms with Gasteiger partial charge in [0, 0.05) is 5.75 Å². The van der Waals surface area contributed by atoms with Crippen molar-refractivity contribution < 1.29 is 14.6 Å². The van der Waals surface area contributed by atoms with Crippen LogP contribution >= 0.6 is 11.8 Å². The molecule has 1 N–H and O–H groups in total. The first-order valence-electron chi connectivity index (χ1n) is 10.2. The Balaban J connectivity index is 1.71. The molecule has 0 unspecified atom stereocenters. The van der Waals surface area contributed by atoms with E-state index in [1.807, 2.05) is 25.6 Å². The van der Waals surface area contributed by atoms with Gasteiger partial charge in [-0.3, -0.25) is 4.79 Å². The number of aliphatic hydroxyl groups excluding tert-OH is 1. The van der Waals surface area contributed by atoms with Crippen LogP contribution < -0.4 is 0 Å². The van der Waals surface area contributed by atoms with Crippen LogP contribution in [0.25, 0.3) is 5.57 Å². The van der Waals surface area contributed by atoms with Gasteiger partial charge in [-0.25, -0.2) is 0 Å². The lowest BCUT2D eigenvalue weighted by molar-refractivity contribution is -0.118. The van der Waals surface area contributed by atoms with E-state index in [4.69, 9.17) is 4.74 Å². The van der Waals surface area contributed by atoms with E-state index in [1.165, 1.54) is 18.4 Å². The molecule has 4 rings (SSSR count). The third-order valence-corrected chi connectivity index (χ3v) is 7.85. The average Bonchev–Trinajstić information content (AvgIpc) is 3.24. The molecule has 1 aromatic rings. The first kappa shape index (κ1) is 19.1. The normalized spacial score (nSPS) is 31.9. The van der Waals surface area contributed by atoms with Crippen LogP contribution in [0.15, 0.2) is 17.9 Å². The van der Waals surface area contributed by atoms with Gasteiger partial charge in [0.15, 0.2) is 5.78 Å². The van der Waals surface area contributed by atoms with Crippen LogP contribution in [0.1, 0.15) is 54.9 Å². The highest BCUT2D eigenvalue weighted by Gasteiger charge is 2.66. The monoisotopic (exact) mass is 386 g/mol. The molecule has 4 atom stereocenters. The number of ether oxygens (including phenoxy) is 1. The smallest absolute Gasteiger partial charge is 0.173 e. The molecule has 0 radical (unpaired) electrons. The zero-order chi connectivity index (χ0) is 19.3. The summed E-state index contributed by atoms with van der Waals surface area (Å²) < 4.78 is 6.38. The minimum absolute atomic E-state index is 0.0278. The summed E-state index contributed by atoms with van der Waals surface area (Å²) >= 11 is 1.91. The highest BCUT2D eigenvalue weighted by Crippen LogP contribution is 2.60. The maximum absolute atomic E-state index is 13.4. The standard InChI is InChI=1S/C23H30O3S/c1-5-6-9-27-12-23-8-7-16(26-23)18-20(23)22(25)19(21(18)24)17-14(3)10-13(2)11-15(17)4/h10-11,16,18,20,25H,5-9,12H2,1-4H3/t16-,18-,20+,23-/m0/s1. The fourth-order valence-corrected chi connectivity index (χ4v) is 6.90. The predicted molar refractivity (Wildman–Crippen MR) is 111 cm³/mol. The second kappa shape index (κ2) is 6.97. The van der Waals surface area contributed by atoms with Crippen molar-refractivity contribution in [3.8, 4) is 0 Å². The summed E-state index contributed by atoms with van der Waals surface area (Å²) in [6, 6.07) is 4.21. The number of hydrogen-bond acceptors (Lipinski definition) is 4. The number of hydrogen-bond donors (Lipinski definition) is 1. The molecule has 0 aromatic heterocycles. The molecule has 0 amide bonds. The second-order valence-corrected chi connectivity index (χ2v) is 9.67. The zero-order valence-corrected chi connectivity index (χ0v) is 17.6. The molecule has 0 saturated carbocycles. The van der Waals surface area contributed by atoms with Gasteiger partial charge in [-0.15, -0.1) is 0 Å². The summed E-state index contributed by atoms with van der Waals surface area (Å²) in [5.74, 6) is 2.02. The van der Waals surface area contributed by atoms with Gasteiger partial charge in [0.05, 0.1) is 29.1 Å². The molecule has 0 spiro atoms. The van der Waals surface area contributed by atoms with Crippen LogP contribution in [-0.4, -0.2) is 34.1 Å². The average molecular weight is 387 g/mol. The summed E-state index contributed by atoms with van der Waals surface area (Å²) in [5.41, 5.74) is 4.47. The zero-order valence-electron chi connectivity index (χ0n) is 16.8. The van der Waals surface area contributed by atoms with E-state index in [0.29, 0.717) is 11.3 Å². The number of benzene rings is 1. The van der Waals surface area contributed by atoms with E-state index < -0.39 is 0 Å². The fourth-order valence-electron chi connectivity index (χ4n) is 5.53. The molecule has 3 nitrogen and oxygen atoms in total. The second-order valence-electron chi connectivity index (χ2n) is 8.57. The predicted octanol–water partition coefficient (Wildman–Crippen LogP) is 5.16. The molecule has 2 saturated heterocycles. The van der Waals surface area contributed by atoms with Crippen molar-refractivity contribution in [2.45, 2.75) is 65.1 Å². The lowest BCUT2D eigenvalue weighted by atomic mass is 9.73. The molecular weight excluding hydrogens is 356 g/mol. The van der Waals surface area contributed by atoms with Crippen molar-refractivity contribution in [2.75, 3.05) is 11.5 Å². The summed E-state index contributed by atoms with van der Waals surface area (Å²) in [4.78, 5) is 13.4. The Hall–Kier alpha value is -1.26. The van der Waals surface area contributed by atoms with Crippen LogP contribution in [0.3, 0.4) is 0 Å². The number of fused-ring (bicyclic) bond motifs is 5. The molecule has 2 aliphatic heterocycles. The number of aliphatic hydroxyl groups is 1. The minimum atomic E-state index is -0.359. The Morgan fingerprint density at radius 3 is 2.63 bits per heavy atom. The maximum Gasteiger partial charge on any atom is 0.173 e. The van der Waals surface area contributed by atoms with Gasteiger partial charge in [0.1, 0.15) is 5.76 Å². The van der Waals surface area contributed by atoms with Crippen LogP contribution in [0, 0.1) is 32.6 Å². The highest BCUT2D eigenvalue weighted by molar-refractivity contribution is 7.99. The van der Waals surface area contributed by atoms with Crippen molar-refractivity contribution in [3.05, 3.63) is 40.1 Å². The van der Waals surface area contributed by atoms with Crippen LogP contribution in [-0.2, 0) is 9.53 Å². The number of ketones is 1.